The summed E-state index contributed by atoms with van der Waals surface area (Å²) in [5, 5.41) is 0. The van der Waals surface area contributed by atoms with Crippen LogP contribution in [0, 0.1) is 0 Å². The predicted molar refractivity (Wildman–Crippen MR) is 81.3 cm³/mol. The van der Waals surface area contributed by atoms with E-state index in [9.17, 15) is 8.42 Å². The number of benzene rings is 1. The van der Waals surface area contributed by atoms with Gasteiger partial charge in [0.25, 0.3) is 0 Å². The Bertz CT molecular complexity index is 517. The molecule has 2 rings (SSSR count). The summed E-state index contributed by atoms with van der Waals surface area (Å²) in [7, 11) is -3.32. The van der Waals surface area contributed by atoms with Crippen molar-refractivity contribution in [3.05, 3.63) is 29.8 Å². The molecule has 0 spiro atoms. The zero-order valence-electron chi connectivity index (χ0n) is 12.4. The van der Waals surface area contributed by atoms with Crippen LogP contribution in [0.15, 0.2) is 29.2 Å². The van der Waals surface area contributed by atoms with E-state index in [-0.39, 0.29) is 0 Å². The van der Waals surface area contributed by atoms with Crippen molar-refractivity contribution in [2.75, 3.05) is 32.7 Å². The lowest BCUT2D eigenvalue weighted by Gasteiger charge is -2.33. The first kappa shape index (κ1) is 15.5. The van der Waals surface area contributed by atoms with Gasteiger partial charge in [0.1, 0.15) is 0 Å². The maximum atomic E-state index is 12.6. The highest BCUT2D eigenvalue weighted by Crippen LogP contribution is 2.18. The first-order valence-electron chi connectivity index (χ1n) is 7.39. The Labute approximate surface area is 122 Å². The molecule has 0 radical (unpaired) electrons. The van der Waals surface area contributed by atoms with E-state index >= 15 is 0 Å². The van der Waals surface area contributed by atoms with Crippen LogP contribution < -0.4 is 0 Å². The molecule has 4 nitrogen and oxygen atoms in total. The van der Waals surface area contributed by atoms with Crippen molar-refractivity contribution in [3.63, 3.8) is 0 Å². The molecule has 0 aliphatic carbocycles. The Morgan fingerprint density at radius 1 is 1.00 bits per heavy atom. The fraction of sp³-hybridized carbons (Fsp3) is 0.600. The summed E-state index contributed by atoms with van der Waals surface area (Å²) >= 11 is 0. The molecule has 1 aliphatic heterocycles. The molecular formula is C15H24N2O2S. The molecule has 0 unspecified atom stereocenters. The molecule has 20 heavy (non-hydrogen) atoms. The zero-order valence-corrected chi connectivity index (χ0v) is 13.2. The van der Waals surface area contributed by atoms with E-state index in [2.05, 4.69) is 18.7 Å². The molecular weight excluding hydrogens is 272 g/mol. The lowest BCUT2D eigenvalue weighted by atomic mass is 10.2. The van der Waals surface area contributed by atoms with Crippen LogP contribution in [0.25, 0.3) is 0 Å². The van der Waals surface area contributed by atoms with Crippen molar-refractivity contribution in [1.29, 1.82) is 0 Å². The van der Waals surface area contributed by atoms with Crippen LogP contribution in [0.1, 0.15) is 25.8 Å². The number of aryl methyl sites for hydroxylation is 1. The molecule has 0 atom stereocenters. The minimum Gasteiger partial charge on any atom is -0.301 e. The molecule has 1 aliphatic rings. The Morgan fingerprint density at radius 3 is 2.10 bits per heavy atom. The minimum absolute atomic E-state index is 0.415. The molecule has 0 aromatic heterocycles. The molecule has 1 saturated heterocycles. The van der Waals surface area contributed by atoms with Crippen molar-refractivity contribution in [2.45, 2.75) is 31.6 Å². The fourth-order valence-corrected chi connectivity index (χ4v) is 3.98. The van der Waals surface area contributed by atoms with Crippen molar-refractivity contribution in [2.24, 2.45) is 0 Å². The van der Waals surface area contributed by atoms with Gasteiger partial charge < -0.3 is 4.90 Å². The predicted octanol–water partition coefficient (Wildman–Crippen LogP) is 1.97. The first-order valence-corrected chi connectivity index (χ1v) is 8.83. The summed E-state index contributed by atoms with van der Waals surface area (Å²) in [6.07, 6.45) is 2.04. The molecule has 1 fully saturated rings. The van der Waals surface area contributed by atoms with Crippen molar-refractivity contribution in [1.82, 2.24) is 9.21 Å². The van der Waals surface area contributed by atoms with E-state index in [4.69, 9.17) is 0 Å². The third-order valence-electron chi connectivity index (χ3n) is 3.84. The van der Waals surface area contributed by atoms with Crippen molar-refractivity contribution in [3.8, 4) is 0 Å². The third kappa shape index (κ3) is 3.40. The molecule has 1 heterocycles. The SMILES string of the molecule is CCCN1CCN(S(=O)(=O)c2ccc(CC)cc2)CC1. The monoisotopic (exact) mass is 296 g/mol. The summed E-state index contributed by atoms with van der Waals surface area (Å²) in [5.74, 6) is 0. The summed E-state index contributed by atoms with van der Waals surface area (Å²) in [6.45, 7) is 8.13. The Morgan fingerprint density at radius 2 is 1.60 bits per heavy atom. The Balaban J connectivity index is 2.07. The second kappa shape index (κ2) is 6.70. The highest BCUT2D eigenvalue weighted by Gasteiger charge is 2.27. The molecule has 112 valence electrons. The number of hydrogen-bond donors (Lipinski definition) is 0. The summed E-state index contributed by atoms with van der Waals surface area (Å²) < 4.78 is 26.7. The van der Waals surface area contributed by atoms with E-state index in [0.717, 1.165) is 38.0 Å². The van der Waals surface area contributed by atoms with Crippen LogP contribution in [-0.2, 0) is 16.4 Å². The molecule has 0 saturated carbocycles. The van der Waals surface area contributed by atoms with E-state index in [1.165, 1.54) is 0 Å². The van der Waals surface area contributed by atoms with Crippen molar-refractivity contribution >= 4 is 10.0 Å². The standard InChI is InChI=1S/C15H24N2O2S/c1-3-9-16-10-12-17(13-11-16)20(18,19)15-7-5-14(4-2)6-8-15/h5-8H,3-4,9-13H2,1-2H3. The van der Waals surface area contributed by atoms with Gasteiger partial charge in [-0.15, -0.1) is 0 Å². The summed E-state index contributed by atoms with van der Waals surface area (Å²) in [5.41, 5.74) is 1.16. The number of hydrogen-bond acceptors (Lipinski definition) is 3. The average molecular weight is 296 g/mol. The Kier molecular flexibility index (Phi) is 5.18. The molecule has 0 N–H and O–H groups in total. The average Bonchev–Trinajstić information content (AvgIpc) is 2.48. The van der Waals surface area contributed by atoms with E-state index < -0.39 is 10.0 Å². The van der Waals surface area contributed by atoms with Crippen molar-refractivity contribution < 1.29 is 8.42 Å². The first-order chi connectivity index (χ1) is 9.57. The third-order valence-corrected chi connectivity index (χ3v) is 5.75. The van der Waals surface area contributed by atoms with Crippen LogP contribution in [0.4, 0.5) is 0 Å². The van der Waals surface area contributed by atoms with Crippen LogP contribution in [0.5, 0.6) is 0 Å². The van der Waals surface area contributed by atoms with Gasteiger partial charge >= 0.3 is 0 Å². The normalized spacial score (nSPS) is 18.3. The van der Waals surface area contributed by atoms with Gasteiger partial charge in [0.2, 0.25) is 10.0 Å². The van der Waals surface area contributed by atoms with Gasteiger partial charge in [-0.1, -0.05) is 26.0 Å². The molecule has 1 aromatic carbocycles. The van der Waals surface area contributed by atoms with Gasteiger partial charge in [-0.2, -0.15) is 4.31 Å². The molecule has 1 aromatic rings. The largest absolute Gasteiger partial charge is 0.301 e. The number of rotatable bonds is 5. The van der Waals surface area contributed by atoms with Gasteiger partial charge in [0.15, 0.2) is 0 Å². The van der Waals surface area contributed by atoms with E-state index in [0.29, 0.717) is 18.0 Å². The smallest absolute Gasteiger partial charge is 0.243 e. The maximum absolute atomic E-state index is 12.6. The summed E-state index contributed by atoms with van der Waals surface area (Å²) in [6, 6.07) is 7.26. The summed E-state index contributed by atoms with van der Waals surface area (Å²) in [4.78, 5) is 2.74. The quantitative estimate of drug-likeness (QED) is 0.834. The second-order valence-electron chi connectivity index (χ2n) is 5.24. The van der Waals surface area contributed by atoms with E-state index in [1.807, 2.05) is 12.1 Å². The van der Waals surface area contributed by atoms with Gasteiger partial charge in [0, 0.05) is 26.2 Å². The maximum Gasteiger partial charge on any atom is 0.243 e. The van der Waals surface area contributed by atoms with Crippen LogP contribution in [-0.4, -0.2) is 50.3 Å². The number of nitrogens with zero attached hydrogens (tertiary/aromatic N) is 2. The van der Waals surface area contributed by atoms with Gasteiger partial charge in [-0.3, -0.25) is 0 Å². The van der Waals surface area contributed by atoms with Crippen LogP contribution in [0.2, 0.25) is 0 Å². The van der Waals surface area contributed by atoms with Gasteiger partial charge in [-0.05, 0) is 37.1 Å². The van der Waals surface area contributed by atoms with Gasteiger partial charge in [0.05, 0.1) is 4.90 Å². The molecule has 5 heteroatoms. The van der Waals surface area contributed by atoms with Gasteiger partial charge in [-0.25, -0.2) is 8.42 Å². The lowest BCUT2D eigenvalue weighted by molar-refractivity contribution is 0.188. The Hall–Kier alpha value is -0.910. The highest BCUT2D eigenvalue weighted by atomic mass is 32.2. The van der Waals surface area contributed by atoms with Crippen LogP contribution >= 0.6 is 0 Å². The zero-order chi connectivity index (χ0) is 14.6. The topological polar surface area (TPSA) is 40.6 Å². The number of sulfonamides is 1. The fourth-order valence-electron chi connectivity index (χ4n) is 2.56. The second-order valence-corrected chi connectivity index (χ2v) is 7.18. The molecule has 0 amide bonds. The van der Waals surface area contributed by atoms with Crippen LogP contribution in [0.3, 0.4) is 0 Å². The van der Waals surface area contributed by atoms with E-state index in [1.54, 1.807) is 16.4 Å². The molecule has 0 bridgehead atoms. The lowest BCUT2D eigenvalue weighted by Crippen LogP contribution is -2.48. The minimum atomic E-state index is -3.32. The highest BCUT2D eigenvalue weighted by molar-refractivity contribution is 7.89. The number of piperazine rings is 1.